The second-order valence-electron chi connectivity index (χ2n) is 4.29. The van der Waals surface area contributed by atoms with Crippen LogP contribution in [-0.4, -0.2) is 22.1 Å². The van der Waals surface area contributed by atoms with Crippen molar-refractivity contribution in [2.75, 3.05) is 5.75 Å². The molecule has 2 nitrogen and oxygen atoms in total. The van der Waals surface area contributed by atoms with Crippen LogP contribution in [0.3, 0.4) is 0 Å². The Morgan fingerprint density at radius 2 is 2.23 bits per heavy atom. The zero-order valence-corrected chi connectivity index (χ0v) is 8.61. The molecule has 0 amide bonds. The van der Waals surface area contributed by atoms with Gasteiger partial charge >= 0.3 is 5.97 Å². The van der Waals surface area contributed by atoms with Gasteiger partial charge in [-0.05, 0) is 36.9 Å². The summed E-state index contributed by atoms with van der Waals surface area (Å²) >= 11 is 2.00. The molecule has 0 aromatic heterocycles. The molecular weight excluding hydrogens is 184 g/mol. The Kier molecular flexibility index (Phi) is 2.54. The van der Waals surface area contributed by atoms with Gasteiger partial charge in [-0.15, -0.1) is 0 Å². The summed E-state index contributed by atoms with van der Waals surface area (Å²) in [6.07, 6.45) is 6.48. The van der Waals surface area contributed by atoms with Crippen molar-refractivity contribution in [2.45, 2.75) is 43.8 Å². The van der Waals surface area contributed by atoms with Gasteiger partial charge in [0.05, 0.1) is 6.42 Å². The molecule has 2 aliphatic rings. The number of carbonyl (C=O) groups is 1. The minimum atomic E-state index is -0.604. The normalized spacial score (nSPS) is 31.2. The summed E-state index contributed by atoms with van der Waals surface area (Å²) in [7, 11) is 0. The number of thioether (sulfide) groups is 1. The highest BCUT2D eigenvalue weighted by molar-refractivity contribution is 8.00. The maximum absolute atomic E-state index is 10.8. The molecule has 1 aliphatic heterocycles. The van der Waals surface area contributed by atoms with E-state index < -0.39 is 5.97 Å². The highest BCUT2D eigenvalue weighted by Crippen LogP contribution is 2.54. The monoisotopic (exact) mass is 200 g/mol. The molecule has 2 rings (SSSR count). The highest BCUT2D eigenvalue weighted by Gasteiger charge is 2.46. The van der Waals surface area contributed by atoms with Crippen molar-refractivity contribution in [3.63, 3.8) is 0 Å². The quantitative estimate of drug-likeness (QED) is 0.760. The first-order chi connectivity index (χ1) is 6.23. The smallest absolute Gasteiger partial charge is 0.303 e. The summed E-state index contributed by atoms with van der Waals surface area (Å²) in [5.41, 5.74) is 0.188. The summed E-state index contributed by atoms with van der Waals surface area (Å²) in [5, 5.41) is 9.52. The van der Waals surface area contributed by atoms with Crippen LogP contribution in [0.2, 0.25) is 0 Å². The van der Waals surface area contributed by atoms with E-state index in [0.717, 1.165) is 12.8 Å². The Morgan fingerprint density at radius 1 is 1.46 bits per heavy atom. The standard InChI is InChI=1S/C10H16O2S/c11-9(12)7-10(4-2-5-10)8-3-1-6-13-8/h8H,1-7H2,(H,11,12). The van der Waals surface area contributed by atoms with Crippen LogP contribution in [0.5, 0.6) is 0 Å². The molecule has 1 atom stereocenters. The van der Waals surface area contributed by atoms with Gasteiger partial charge < -0.3 is 5.11 Å². The summed E-state index contributed by atoms with van der Waals surface area (Å²) in [4.78, 5) is 10.8. The van der Waals surface area contributed by atoms with E-state index in [1.807, 2.05) is 11.8 Å². The lowest BCUT2D eigenvalue weighted by Crippen LogP contribution is -2.40. The van der Waals surface area contributed by atoms with Crippen LogP contribution in [-0.2, 0) is 4.79 Å². The molecule has 1 heterocycles. The van der Waals surface area contributed by atoms with Crippen molar-refractivity contribution in [3.05, 3.63) is 0 Å². The first kappa shape index (κ1) is 9.38. The average molecular weight is 200 g/mol. The van der Waals surface area contributed by atoms with Crippen molar-refractivity contribution in [2.24, 2.45) is 5.41 Å². The fourth-order valence-electron chi connectivity index (χ4n) is 2.61. The Labute approximate surface area is 83.1 Å². The molecule has 1 N–H and O–H groups in total. The van der Waals surface area contributed by atoms with E-state index in [1.54, 1.807) is 0 Å². The number of hydrogen-bond donors (Lipinski definition) is 1. The second kappa shape index (κ2) is 3.52. The van der Waals surface area contributed by atoms with Crippen LogP contribution in [0.15, 0.2) is 0 Å². The van der Waals surface area contributed by atoms with Gasteiger partial charge in [0.25, 0.3) is 0 Å². The average Bonchev–Trinajstić information content (AvgIpc) is 2.48. The number of carboxylic acid groups (broad SMARTS) is 1. The Hall–Kier alpha value is -0.180. The topological polar surface area (TPSA) is 37.3 Å². The van der Waals surface area contributed by atoms with Crippen molar-refractivity contribution in [1.82, 2.24) is 0 Å². The molecule has 1 saturated carbocycles. The van der Waals surface area contributed by atoms with Crippen LogP contribution in [0.1, 0.15) is 38.5 Å². The van der Waals surface area contributed by atoms with Gasteiger partial charge in [-0.2, -0.15) is 11.8 Å². The maximum Gasteiger partial charge on any atom is 0.303 e. The molecule has 0 aromatic rings. The summed E-state index contributed by atoms with van der Waals surface area (Å²) in [6, 6.07) is 0. The Bertz CT molecular complexity index is 205. The predicted molar refractivity (Wildman–Crippen MR) is 54.0 cm³/mol. The van der Waals surface area contributed by atoms with Crippen LogP contribution in [0.4, 0.5) is 0 Å². The molecule has 1 aliphatic carbocycles. The molecule has 0 radical (unpaired) electrons. The van der Waals surface area contributed by atoms with E-state index >= 15 is 0 Å². The number of carboxylic acids is 1. The minimum absolute atomic E-state index is 0.188. The van der Waals surface area contributed by atoms with Crippen LogP contribution in [0, 0.1) is 5.41 Å². The molecule has 3 heteroatoms. The third kappa shape index (κ3) is 1.71. The molecule has 1 unspecified atom stereocenters. The predicted octanol–water partition coefficient (Wildman–Crippen LogP) is 2.53. The molecule has 13 heavy (non-hydrogen) atoms. The minimum Gasteiger partial charge on any atom is -0.481 e. The summed E-state index contributed by atoms with van der Waals surface area (Å²) in [6.45, 7) is 0. The molecule has 0 spiro atoms. The van der Waals surface area contributed by atoms with Gasteiger partial charge in [-0.25, -0.2) is 0 Å². The van der Waals surface area contributed by atoms with Crippen molar-refractivity contribution >= 4 is 17.7 Å². The van der Waals surface area contributed by atoms with E-state index in [-0.39, 0.29) is 5.41 Å². The maximum atomic E-state index is 10.8. The Morgan fingerprint density at radius 3 is 2.62 bits per heavy atom. The highest BCUT2D eigenvalue weighted by atomic mass is 32.2. The molecular formula is C10H16O2S. The zero-order chi connectivity index (χ0) is 9.31. The molecule has 2 fully saturated rings. The lowest BCUT2D eigenvalue weighted by Gasteiger charge is -2.45. The van der Waals surface area contributed by atoms with Crippen LogP contribution < -0.4 is 0 Å². The van der Waals surface area contributed by atoms with Crippen LogP contribution in [0.25, 0.3) is 0 Å². The van der Waals surface area contributed by atoms with E-state index in [2.05, 4.69) is 0 Å². The number of hydrogen-bond acceptors (Lipinski definition) is 2. The molecule has 1 saturated heterocycles. The van der Waals surface area contributed by atoms with Gasteiger partial charge in [0.15, 0.2) is 0 Å². The molecule has 74 valence electrons. The zero-order valence-electron chi connectivity index (χ0n) is 7.79. The second-order valence-corrected chi connectivity index (χ2v) is 5.60. The first-order valence-electron chi connectivity index (χ1n) is 5.06. The van der Waals surface area contributed by atoms with Crippen LogP contribution >= 0.6 is 11.8 Å². The first-order valence-corrected chi connectivity index (χ1v) is 6.11. The van der Waals surface area contributed by atoms with E-state index in [9.17, 15) is 4.79 Å². The molecule has 0 aromatic carbocycles. The van der Waals surface area contributed by atoms with Crippen molar-refractivity contribution in [1.29, 1.82) is 0 Å². The van der Waals surface area contributed by atoms with E-state index in [0.29, 0.717) is 11.7 Å². The largest absolute Gasteiger partial charge is 0.481 e. The van der Waals surface area contributed by atoms with Gasteiger partial charge in [-0.1, -0.05) is 6.42 Å². The molecule has 0 bridgehead atoms. The lowest BCUT2D eigenvalue weighted by molar-refractivity contribution is -0.141. The van der Waals surface area contributed by atoms with Crippen molar-refractivity contribution in [3.8, 4) is 0 Å². The van der Waals surface area contributed by atoms with E-state index in [1.165, 1.54) is 25.0 Å². The number of rotatable bonds is 3. The lowest BCUT2D eigenvalue weighted by atomic mass is 9.63. The third-order valence-corrected chi connectivity index (χ3v) is 5.13. The SMILES string of the molecule is O=C(O)CC1(C2CCCS2)CCC1. The third-order valence-electron chi connectivity index (χ3n) is 3.47. The summed E-state index contributed by atoms with van der Waals surface area (Å²) < 4.78 is 0. The number of aliphatic carboxylic acids is 1. The fourth-order valence-corrected chi connectivity index (χ4v) is 4.23. The van der Waals surface area contributed by atoms with Gasteiger partial charge in [0.2, 0.25) is 0 Å². The van der Waals surface area contributed by atoms with Crippen molar-refractivity contribution < 1.29 is 9.90 Å². The van der Waals surface area contributed by atoms with Gasteiger partial charge in [0, 0.05) is 5.25 Å². The van der Waals surface area contributed by atoms with Gasteiger partial charge in [0.1, 0.15) is 0 Å². The fraction of sp³-hybridized carbons (Fsp3) is 0.900. The van der Waals surface area contributed by atoms with Gasteiger partial charge in [-0.3, -0.25) is 4.79 Å². The van der Waals surface area contributed by atoms with E-state index in [4.69, 9.17) is 5.11 Å². The Balaban J connectivity index is 2.01. The summed E-state index contributed by atoms with van der Waals surface area (Å²) in [5.74, 6) is 0.638.